The van der Waals surface area contributed by atoms with Crippen molar-refractivity contribution in [3.63, 3.8) is 0 Å². The second-order valence-corrected chi connectivity index (χ2v) is 6.82. The third-order valence-corrected chi connectivity index (χ3v) is 5.42. The molecule has 114 valence electrons. The molecule has 0 aromatic heterocycles. The molecule has 1 aliphatic rings. The second-order valence-electron chi connectivity index (χ2n) is 4.73. The smallest absolute Gasteiger partial charge is 0.242 e. The van der Waals surface area contributed by atoms with Crippen LogP contribution in [-0.4, -0.2) is 21.0 Å². The fraction of sp³-hybridized carbons (Fsp3) is 0.500. The topological polar surface area (TPSA) is 72.2 Å². The van der Waals surface area contributed by atoms with E-state index in [1.54, 1.807) is 0 Å². The minimum atomic E-state index is -3.82. The summed E-state index contributed by atoms with van der Waals surface area (Å²) in [4.78, 5) is -0.225. The fourth-order valence-corrected chi connectivity index (χ4v) is 4.27. The molecule has 2 atom stereocenters. The molecule has 1 saturated carbocycles. The van der Waals surface area contributed by atoms with Crippen molar-refractivity contribution in [3.05, 3.63) is 29.0 Å². The molecule has 0 spiro atoms. The van der Waals surface area contributed by atoms with Gasteiger partial charge in [0, 0.05) is 6.04 Å². The first-order valence-corrected chi connectivity index (χ1v) is 7.97. The highest BCUT2D eigenvalue weighted by molar-refractivity contribution is 7.89. The second kappa shape index (κ2) is 7.04. The van der Waals surface area contributed by atoms with Gasteiger partial charge < -0.3 is 5.73 Å². The van der Waals surface area contributed by atoms with E-state index in [-0.39, 0.29) is 34.3 Å². The Labute approximate surface area is 129 Å². The number of rotatable bonds is 4. The summed E-state index contributed by atoms with van der Waals surface area (Å²) < 4.78 is 40.2. The Morgan fingerprint density at radius 1 is 1.40 bits per heavy atom. The molecule has 4 nitrogen and oxygen atoms in total. The monoisotopic (exact) mass is 342 g/mol. The lowest BCUT2D eigenvalue weighted by Gasteiger charge is -2.19. The Morgan fingerprint density at radius 2 is 2.10 bits per heavy atom. The Hall–Kier alpha value is -0.400. The standard InChI is InChI=1S/C12H16ClFN2O2S.ClH/c13-10-5-4-9(14)6-12(10)19(17,18)16-11-3-1-2-8(11)7-15;/h4-6,8,11,16H,1-3,7,15H2;1H. The molecule has 0 saturated heterocycles. The Kier molecular flexibility index (Phi) is 6.22. The first kappa shape index (κ1) is 17.7. The van der Waals surface area contributed by atoms with Crippen LogP contribution in [0.2, 0.25) is 5.02 Å². The molecule has 0 aliphatic heterocycles. The molecule has 3 N–H and O–H groups in total. The zero-order valence-electron chi connectivity index (χ0n) is 10.7. The van der Waals surface area contributed by atoms with Crippen LogP contribution < -0.4 is 10.5 Å². The highest BCUT2D eigenvalue weighted by atomic mass is 35.5. The van der Waals surface area contributed by atoms with Crippen LogP contribution >= 0.6 is 24.0 Å². The first-order chi connectivity index (χ1) is 8.94. The summed E-state index contributed by atoms with van der Waals surface area (Å²) in [6, 6.07) is 3.09. The molecule has 2 unspecified atom stereocenters. The van der Waals surface area contributed by atoms with Gasteiger partial charge in [-0.1, -0.05) is 18.0 Å². The molecular weight excluding hydrogens is 326 g/mol. The fourth-order valence-electron chi connectivity index (χ4n) is 2.42. The summed E-state index contributed by atoms with van der Waals surface area (Å²) in [6.45, 7) is 0.435. The van der Waals surface area contributed by atoms with E-state index in [0.29, 0.717) is 6.54 Å². The predicted octanol–water partition coefficient (Wildman–Crippen LogP) is 2.31. The van der Waals surface area contributed by atoms with Crippen molar-refractivity contribution in [1.29, 1.82) is 0 Å². The minimum Gasteiger partial charge on any atom is -0.330 e. The van der Waals surface area contributed by atoms with Crippen LogP contribution in [0.5, 0.6) is 0 Å². The summed E-state index contributed by atoms with van der Waals surface area (Å²) in [7, 11) is -3.82. The van der Waals surface area contributed by atoms with E-state index in [9.17, 15) is 12.8 Å². The van der Waals surface area contributed by atoms with Crippen molar-refractivity contribution in [1.82, 2.24) is 4.72 Å². The van der Waals surface area contributed by atoms with Gasteiger partial charge in [-0.25, -0.2) is 17.5 Å². The van der Waals surface area contributed by atoms with Crippen LogP contribution in [0.1, 0.15) is 19.3 Å². The third-order valence-electron chi connectivity index (χ3n) is 3.45. The van der Waals surface area contributed by atoms with Crippen LogP contribution in [0, 0.1) is 11.7 Å². The summed E-state index contributed by atoms with van der Waals surface area (Å²) in [5, 5.41) is 0.0104. The van der Waals surface area contributed by atoms with Crippen LogP contribution in [0.15, 0.2) is 23.1 Å². The minimum absolute atomic E-state index is 0. The van der Waals surface area contributed by atoms with Crippen LogP contribution in [0.25, 0.3) is 0 Å². The van der Waals surface area contributed by atoms with E-state index in [4.69, 9.17) is 17.3 Å². The zero-order valence-corrected chi connectivity index (χ0v) is 13.1. The van der Waals surface area contributed by atoms with Gasteiger partial charge in [0.25, 0.3) is 0 Å². The normalized spacial score (nSPS) is 22.6. The SMILES string of the molecule is Cl.NCC1CCCC1NS(=O)(=O)c1cc(F)ccc1Cl. The van der Waals surface area contributed by atoms with Gasteiger partial charge in [-0.3, -0.25) is 0 Å². The quantitative estimate of drug-likeness (QED) is 0.881. The van der Waals surface area contributed by atoms with Crippen molar-refractivity contribution < 1.29 is 12.8 Å². The molecule has 1 aliphatic carbocycles. The van der Waals surface area contributed by atoms with E-state index < -0.39 is 15.8 Å². The van der Waals surface area contributed by atoms with Crippen molar-refractivity contribution in [2.24, 2.45) is 11.7 Å². The molecule has 0 heterocycles. The van der Waals surface area contributed by atoms with Crippen molar-refractivity contribution in [2.45, 2.75) is 30.2 Å². The maximum absolute atomic E-state index is 13.2. The molecule has 20 heavy (non-hydrogen) atoms. The van der Waals surface area contributed by atoms with E-state index in [2.05, 4.69) is 4.72 Å². The largest absolute Gasteiger partial charge is 0.330 e. The molecule has 2 rings (SSSR count). The van der Waals surface area contributed by atoms with E-state index >= 15 is 0 Å². The number of nitrogens with two attached hydrogens (primary N) is 1. The molecule has 0 amide bonds. The highest BCUT2D eigenvalue weighted by Crippen LogP contribution is 2.28. The number of halogens is 3. The maximum atomic E-state index is 13.2. The van der Waals surface area contributed by atoms with Crippen molar-refractivity contribution in [3.8, 4) is 0 Å². The van der Waals surface area contributed by atoms with Gasteiger partial charge in [0.1, 0.15) is 10.7 Å². The molecule has 0 radical (unpaired) electrons. The maximum Gasteiger partial charge on any atom is 0.242 e. The Bertz CT molecular complexity index is 569. The summed E-state index contributed by atoms with van der Waals surface area (Å²) in [6.07, 6.45) is 2.58. The average Bonchev–Trinajstić information content (AvgIpc) is 2.78. The number of nitrogens with one attached hydrogen (secondary N) is 1. The van der Waals surface area contributed by atoms with Gasteiger partial charge in [-0.15, -0.1) is 12.4 Å². The molecular formula is C12H17Cl2FN2O2S. The average molecular weight is 343 g/mol. The lowest BCUT2D eigenvalue weighted by Crippen LogP contribution is -2.39. The number of benzene rings is 1. The number of sulfonamides is 1. The number of hydrogen-bond donors (Lipinski definition) is 2. The molecule has 0 bridgehead atoms. The van der Waals surface area contributed by atoms with Gasteiger partial charge in [0.2, 0.25) is 10.0 Å². The summed E-state index contributed by atoms with van der Waals surface area (Å²) >= 11 is 5.83. The van der Waals surface area contributed by atoms with Crippen LogP contribution in [0.3, 0.4) is 0 Å². The highest BCUT2D eigenvalue weighted by Gasteiger charge is 2.31. The lowest BCUT2D eigenvalue weighted by atomic mass is 10.1. The predicted molar refractivity (Wildman–Crippen MR) is 79.2 cm³/mol. The Morgan fingerprint density at radius 3 is 2.75 bits per heavy atom. The molecule has 1 fully saturated rings. The zero-order chi connectivity index (χ0) is 14.0. The van der Waals surface area contributed by atoms with E-state index in [0.717, 1.165) is 31.4 Å². The number of hydrogen-bond acceptors (Lipinski definition) is 3. The first-order valence-electron chi connectivity index (χ1n) is 6.11. The van der Waals surface area contributed by atoms with E-state index in [1.807, 2.05) is 0 Å². The third kappa shape index (κ3) is 3.83. The molecule has 8 heteroatoms. The van der Waals surface area contributed by atoms with Gasteiger partial charge in [0.15, 0.2) is 0 Å². The Balaban J connectivity index is 0.00000200. The van der Waals surface area contributed by atoms with Crippen molar-refractivity contribution in [2.75, 3.05) is 6.54 Å². The van der Waals surface area contributed by atoms with E-state index in [1.165, 1.54) is 6.07 Å². The lowest BCUT2D eigenvalue weighted by molar-refractivity contribution is 0.452. The molecule has 1 aromatic rings. The van der Waals surface area contributed by atoms with Gasteiger partial charge in [-0.2, -0.15) is 0 Å². The summed E-state index contributed by atoms with van der Waals surface area (Å²) in [5.41, 5.74) is 5.61. The van der Waals surface area contributed by atoms with Crippen molar-refractivity contribution >= 4 is 34.0 Å². The summed E-state index contributed by atoms with van der Waals surface area (Å²) in [5.74, 6) is -0.506. The molecule has 1 aromatic carbocycles. The van der Waals surface area contributed by atoms with Crippen LogP contribution in [0.4, 0.5) is 4.39 Å². The van der Waals surface area contributed by atoms with Gasteiger partial charge >= 0.3 is 0 Å². The van der Waals surface area contributed by atoms with Gasteiger partial charge in [0.05, 0.1) is 5.02 Å². The van der Waals surface area contributed by atoms with Crippen LogP contribution in [-0.2, 0) is 10.0 Å². The van der Waals surface area contributed by atoms with Gasteiger partial charge in [-0.05, 0) is 43.5 Å².